The Morgan fingerprint density at radius 2 is 1.61 bits per heavy atom. The van der Waals surface area contributed by atoms with Gasteiger partial charge in [0, 0.05) is 30.0 Å². The van der Waals surface area contributed by atoms with E-state index in [2.05, 4.69) is 10.2 Å². The number of nitrogens with zero attached hydrogens (tertiary/aromatic N) is 3. The Balaban J connectivity index is 1.32. The van der Waals surface area contributed by atoms with E-state index in [1.807, 2.05) is 30.3 Å². The van der Waals surface area contributed by atoms with Gasteiger partial charge in [0.2, 0.25) is 5.91 Å². The number of rotatable bonds is 6. The number of para-hydroxylation sites is 1. The SMILES string of the molecule is COc1ccc(C(=O)N2CCC3(CC2)C(=O)N(CC(=O)Nc2ccc(F)cc2)CN3c2ccccc2)cc1. The highest BCUT2D eigenvalue weighted by Crippen LogP contribution is 2.39. The van der Waals surface area contributed by atoms with Gasteiger partial charge in [-0.05, 0) is 73.5 Å². The molecule has 0 radical (unpaired) electrons. The average molecular weight is 517 g/mol. The first-order valence-corrected chi connectivity index (χ1v) is 12.5. The predicted molar refractivity (Wildman–Crippen MR) is 141 cm³/mol. The van der Waals surface area contributed by atoms with Crippen molar-refractivity contribution in [3.8, 4) is 5.75 Å². The largest absolute Gasteiger partial charge is 0.497 e. The van der Waals surface area contributed by atoms with Crippen molar-refractivity contribution in [3.63, 3.8) is 0 Å². The molecule has 2 heterocycles. The van der Waals surface area contributed by atoms with E-state index >= 15 is 0 Å². The lowest BCUT2D eigenvalue weighted by Gasteiger charge is -2.43. The number of anilines is 2. The number of piperidine rings is 1. The van der Waals surface area contributed by atoms with Gasteiger partial charge < -0.3 is 24.8 Å². The Morgan fingerprint density at radius 1 is 0.947 bits per heavy atom. The molecule has 1 N–H and O–H groups in total. The molecule has 0 aromatic heterocycles. The number of likely N-dealkylation sites (tertiary alicyclic amines) is 1. The first-order valence-electron chi connectivity index (χ1n) is 12.5. The molecule has 3 aromatic carbocycles. The van der Waals surface area contributed by atoms with Crippen LogP contribution in [0.25, 0.3) is 0 Å². The second-order valence-corrected chi connectivity index (χ2v) is 9.52. The molecule has 0 saturated carbocycles. The monoisotopic (exact) mass is 516 g/mol. The maximum absolute atomic E-state index is 13.9. The second-order valence-electron chi connectivity index (χ2n) is 9.52. The van der Waals surface area contributed by atoms with Crippen LogP contribution in [-0.2, 0) is 9.59 Å². The predicted octanol–water partition coefficient (Wildman–Crippen LogP) is 3.75. The molecular formula is C29H29FN4O4. The Bertz CT molecular complexity index is 1310. The van der Waals surface area contributed by atoms with Crippen LogP contribution in [0.1, 0.15) is 23.2 Å². The van der Waals surface area contributed by atoms with Crippen LogP contribution in [0.2, 0.25) is 0 Å². The third-order valence-corrected chi connectivity index (χ3v) is 7.26. The van der Waals surface area contributed by atoms with E-state index in [-0.39, 0.29) is 30.9 Å². The number of amides is 3. The topological polar surface area (TPSA) is 82.2 Å². The third kappa shape index (κ3) is 4.91. The number of hydrogen-bond donors (Lipinski definition) is 1. The van der Waals surface area contributed by atoms with Gasteiger partial charge in [0.05, 0.1) is 13.8 Å². The van der Waals surface area contributed by atoms with Gasteiger partial charge in [0.25, 0.3) is 11.8 Å². The van der Waals surface area contributed by atoms with Gasteiger partial charge in [-0.1, -0.05) is 18.2 Å². The molecule has 0 bridgehead atoms. The summed E-state index contributed by atoms with van der Waals surface area (Å²) in [4.78, 5) is 45.1. The lowest BCUT2D eigenvalue weighted by atomic mass is 9.85. The molecule has 2 aliphatic heterocycles. The zero-order chi connectivity index (χ0) is 26.7. The van der Waals surface area contributed by atoms with Gasteiger partial charge in [-0.15, -0.1) is 0 Å². The number of nitrogens with one attached hydrogen (secondary N) is 1. The maximum atomic E-state index is 13.9. The van der Waals surface area contributed by atoms with Crippen molar-refractivity contribution >= 4 is 29.1 Å². The fourth-order valence-electron chi connectivity index (χ4n) is 5.23. The summed E-state index contributed by atoms with van der Waals surface area (Å²) in [5.74, 6) is -0.295. The summed E-state index contributed by atoms with van der Waals surface area (Å²) in [5, 5.41) is 2.73. The highest BCUT2D eigenvalue weighted by Gasteiger charge is 2.54. The van der Waals surface area contributed by atoms with Crippen LogP contribution in [0.5, 0.6) is 5.75 Å². The normalized spacial score (nSPS) is 16.6. The number of benzene rings is 3. The van der Waals surface area contributed by atoms with Crippen molar-refractivity contribution in [3.05, 3.63) is 90.2 Å². The Labute approximate surface area is 220 Å². The third-order valence-electron chi connectivity index (χ3n) is 7.26. The molecule has 196 valence electrons. The number of hydrogen-bond acceptors (Lipinski definition) is 5. The Kier molecular flexibility index (Phi) is 7.00. The van der Waals surface area contributed by atoms with E-state index in [1.54, 1.807) is 41.2 Å². The van der Waals surface area contributed by atoms with Gasteiger partial charge in [0.1, 0.15) is 23.7 Å². The minimum Gasteiger partial charge on any atom is -0.497 e. The molecule has 2 fully saturated rings. The molecule has 2 saturated heterocycles. The molecule has 5 rings (SSSR count). The maximum Gasteiger partial charge on any atom is 0.253 e. The fourth-order valence-corrected chi connectivity index (χ4v) is 5.23. The molecule has 8 nitrogen and oxygen atoms in total. The quantitative estimate of drug-likeness (QED) is 0.540. The summed E-state index contributed by atoms with van der Waals surface area (Å²) >= 11 is 0. The zero-order valence-corrected chi connectivity index (χ0v) is 21.1. The minimum atomic E-state index is -0.853. The summed E-state index contributed by atoms with van der Waals surface area (Å²) in [6.07, 6.45) is 0.886. The van der Waals surface area contributed by atoms with E-state index in [0.29, 0.717) is 42.9 Å². The lowest BCUT2D eigenvalue weighted by Crippen LogP contribution is -2.57. The molecular weight excluding hydrogens is 487 g/mol. The smallest absolute Gasteiger partial charge is 0.253 e. The standard InChI is InChI=1S/C29H29FN4O4/c1-38-25-13-7-21(8-14-25)27(36)32-17-15-29(16-18-32)28(37)33(20-34(29)24-5-3-2-4-6-24)19-26(35)31-23-11-9-22(30)10-12-23/h2-14H,15-20H2,1H3,(H,31,35). The van der Waals surface area contributed by atoms with Gasteiger partial charge in [-0.2, -0.15) is 0 Å². The average Bonchev–Trinajstić information content (AvgIpc) is 3.21. The number of carbonyl (C=O) groups is 3. The first kappa shape index (κ1) is 25.3. The van der Waals surface area contributed by atoms with Crippen LogP contribution in [0.3, 0.4) is 0 Å². The highest BCUT2D eigenvalue weighted by molar-refractivity contribution is 6.00. The minimum absolute atomic E-state index is 0.0882. The molecule has 2 aliphatic rings. The van der Waals surface area contributed by atoms with E-state index in [1.165, 1.54) is 24.3 Å². The van der Waals surface area contributed by atoms with Gasteiger partial charge in [-0.25, -0.2) is 4.39 Å². The van der Waals surface area contributed by atoms with Crippen LogP contribution in [0.15, 0.2) is 78.9 Å². The molecule has 38 heavy (non-hydrogen) atoms. The fraction of sp³-hybridized carbons (Fsp3) is 0.276. The molecule has 0 unspecified atom stereocenters. The summed E-state index contributed by atoms with van der Waals surface area (Å²) in [6.45, 7) is 0.951. The number of carbonyl (C=O) groups excluding carboxylic acids is 3. The van der Waals surface area contributed by atoms with E-state index in [9.17, 15) is 18.8 Å². The van der Waals surface area contributed by atoms with Gasteiger partial charge in [0.15, 0.2) is 0 Å². The lowest BCUT2D eigenvalue weighted by molar-refractivity contribution is -0.136. The molecule has 0 atom stereocenters. The van der Waals surface area contributed by atoms with Crippen LogP contribution < -0.4 is 15.0 Å². The molecule has 9 heteroatoms. The van der Waals surface area contributed by atoms with Crippen molar-refractivity contribution in [2.45, 2.75) is 18.4 Å². The van der Waals surface area contributed by atoms with Crippen LogP contribution >= 0.6 is 0 Å². The zero-order valence-electron chi connectivity index (χ0n) is 21.1. The van der Waals surface area contributed by atoms with Crippen molar-refractivity contribution in [2.75, 3.05) is 43.6 Å². The Morgan fingerprint density at radius 3 is 2.24 bits per heavy atom. The van der Waals surface area contributed by atoms with Gasteiger partial charge >= 0.3 is 0 Å². The Hall–Kier alpha value is -4.40. The van der Waals surface area contributed by atoms with Crippen LogP contribution in [0.4, 0.5) is 15.8 Å². The summed E-state index contributed by atoms with van der Waals surface area (Å²) in [5.41, 5.74) is 1.06. The molecule has 3 aromatic rings. The second kappa shape index (κ2) is 10.5. The number of ether oxygens (including phenoxy) is 1. The van der Waals surface area contributed by atoms with Crippen molar-refractivity contribution in [2.24, 2.45) is 0 Å². The van der Waals surface area contributed by atoms with Crippen LogP contribution in [-0.4, -0.2) is 66.5 Å². The van der Waals surface area contributed by atoms with Crippen molar-refractivity contribution in [1.82, 2.24) is 9.80 Å². The van der Waals surface area contributed by atoms with Crippen molar-refractivity contribution in [1.29, 1.82) is 0 Å². The van der Waals surface area contributed by atoms with Crippen LogP contribution in [0, 0.1) is 5.82 Å². The highest BCUT2D eigenvalue weighted by atomic mass is 19.1. The van der Waals surface area contributed by atoms with Crippen molar-refractivity contribution < 1.29 is 23.5 Å². The molecule has 0 aliphatic carbocycles. The number of halogens is 1. The molecule has 1 spiro atoms. The van der Waals surface area contributed by atoms with E-state index in [4.69, 9.17) is 4.74 Å². The summed E-state index contributed by atoms with van der Waals surface area (Å²) in [6, 6.07) is 22.1. The summed E-state index contributed by atoms with van der Waals surface area (Å²) in [7, 11) is 1.58. The van der Waals surface area contributed by atoms with E-state index < -0.39 is 11.4 Å². The molecule has 3 amide bonds. The van der Waals surface area contributed by atoms with Gasteiger partial charge in [-0.3, -0.25) is 14.4 Å². The number of methoxy groups -OCH3 is 1. The summed E-state index contributed by atoms with van der Waals surface area (Å²) < 4.78 is 18.4. The van der Waals surface area contributed by atoms with E-state index in [0.717, 1.165) is 5.69 Å². The first-order chi connectivity index (χ1) is 18.4.